The van der Waals surface area contributed by atoms with Gasteiger partial charge in [0.2, 0.25) is 0 Å². The summed E-state index contributed by atoms with van der Waals surface area (Å²) in [5.74, 6) is 0. The Kier molecular flexibility index (Phi) is 19.4. The zero-order valence-electron chi connectivity index (χ0n) is 15.9. The molecule has 138 valence electrons. The lowest BCUT2D eigenvalue weighted by Crippen LogP contribution is -2.17. The van der Waals surface area contributed by atoms with Crippen LogP contribution in [0.2, 0.25) is 0 Å². The van der Waals surface area contributed by atoms with Crippen LogP contribution >= 0.6 is 0 Å². The highest BCUT2D eigenvalue weighted by atomic mass is 16.5. The number of unbranched alkanes of at least 4 members (excludes halogenated alkanes) is 11. The van der Waals surface area contributed by atoms with Crippen molar-refractivity contribution in [2.45, 2.75) is 110 Å². The molecule has 0 aliphatic heterocycles. The number of hydrogen-bond donors (Lipinski definition) is 1. The Morgan fingerprint density at radius 1 is 0.739 bits per heavy atom. The van der Waals surface area contributed by atoms with Crippen molar-refractivity contribution < 1.29 is 9.84 Å². The van der Waals surface area contributed by atoms with E-state index in [2.05, 4.69) is 19.1 Å². The Morgan fingerprint density at radius 2 is 1.26 bits per heavy atom. The van der Waals surface area contributed by atoms with Crippen molar-refractivity contribution in [1.29, 1.82) is 0 Å². The van der Waals surface area contributed by atoms with Crippen LogP contribution in [-0.4, -0.2) is 24.4 Å². The van der Waals surface area contributed by atoms with Crippen LogP contribution in [0, 0.1) is 0 Å². The van der Waals surface area contributed by atoms with E-state index in [1.807, 2.05) is 6.92 Å². The summed E-state index contributed by atoms with van der Waals surface area (Å²) in [5.41, 5.74) is 0. The predicted molar refractivity (Wildman–Crippen MR) is 102 cm³/mol. The fourth-order valence-corrected chi connectivity index (χ4v) is 2.91. The molecule has 0 aromatic heterocycles. The normalized spacial score (nSPS) is 13.0. The van der Waals surface area contributed by atoms with Gasteiger partial charge in [0.1, 0.15) is 0 Å². The lowest BCUT2D eigenvalue weighted by atomic mass is 10.1. The van der Waals surface area contributed by atoms with Crippen LogP contribution in [0.25, 0.3) is 0 Å². The molecule has 0 saturated carbocycles. The molecule has 0 rings (SSSR count). The van der Waals surface area contributed by atoms with Gasteiger partial charge in [0, 0.05) is 6.61 Å². The van der Waals surface area contributed by atoms with E-state index in [-0.39, 0.29) is 12.7 Å². The quantitative estimate of drug-likeness (QED) is 0.232. The van der Waals surface area contributed by atoms with E-state index in [4.69, 9.17) is 9.84 Å². The van der Waals surface area contributed by atoms with Gasteiger partial charge in [-0.3, -0.25) is 0 Å². The molecule has 1 unspecified atom stereocenters. The van der Waals surface area contributed by atoms with E-state index >= 15 is 0 Å². The molecule has 23 heavy (non-hydrogen) atoms. The Hall–Kier alpha value is -0.340. The Morgan fingerprint density at radius 3 is 1.78 bits per heavy atom. The Labute approximate surface area is 145 Å². The average molecular weight is 327 g/mol. The monoisotopic (exact) mass is 326 g/mol. The van der Waals surface area contributed by atoms with E-state index < -0.39 is 0 Å². The third-order valence-corrected chi connectivity index (χ3v) is 4.39. The molecule has 1 N–H and O–H groups in total. The minimum absolute atomic E-state index is 0.0601. The summed E-state index contributed by atoms with van der Waals surface area (Å²) in [6.45, 7) is 5.13. The van der Waals surface area contributed by atoms with Gasteiger partial charge in [0.15, 0.2) is 0 Å². The molecule has 0 aromatic carbocycles. The number of rotatable bonds is 18. The Bertz CT molecular complexity index is 238. The molecular weight excluding hydrogens is 284 g/mol. The number of ether oxygens (including phenoxy) is 1. The van der Waals surface area contributed by atoms with Crippen LogP contribution in [0.3, 0.4) is 0 Å². The summed E-state index contributed by atoms with van der Waals surface area (Å²) < 4.78 is 5.45. The molecule has 0 aromatic rings. The van der Waals surface area contributed by atoms with Crippen molar-refractivity contribution in [3.05, 3.63) is 12.2 Å². The van der Waals surface area contributed by atoms with Crippen LogP contribution in [0.5, 0.6) is 0 Å². The highest BCUT2D eigenvalue weighted by Gasteiger charge is 2.05. The predicted octanol–water partition coefficient (Wildman–Crippen LogP) is 6.42. The molecule has 0 bridgehead atoms. The second-order valence-electron chi connectivity index (χ2n) is 6.63. The molecular formula is C21H42O2. The molecule has 2 heteroatoms. The fourth-order valence-electron chi connectivity index (χ4n) is 2.91. The van der Waals surface area contributed by atoms with Crippen molar-refractivity contribution in [3.63, 3.8) is 0 Å². The van der Waals surface area contributed by atoms with Crippen LogP contribution in [-0.2, 0) is 4.74 Å². The first-order chi connectivity index (χ1) is 11.3. The summed E-state index contributed by atoms with van der Waals surface area (Å²) >= 11 is 0. The van der Waals surface area contributed by atoms with E-state index in [1.165, 1.54) is 83.5 Å². The van der Waals surface area contributed by atoms with Crippen molar-refractivity contribution in [2.75, 3.05) is 13.2 Å². The molecule has 0 amide bonds. The lowest BCUT2D eigenvalue weighted by molar-refractivity contribution is 0.0136. The highest BCUT2D eigenvalue weighted by Crippen LogP contribution is 2.11. The number of aliphatic hydroxyl groups is 1. The van der Waals surface area contributed by atoms with Crippen molar-refractivity contribution in [2.24, 2.45) is 0 Å². The summed E-state index contributed by atoms with van der Waals surface area (Å²) in [7, 11) is 0. The standard InChI is InChI=1S/C21H42O2/c1-3-5-6-7-8-9-10-11-12-13-14-15-16-17-18-19-21(20-22)23-4-2/h11-12,21-22H,3-10,13-20H2,1-2H3. The van der Waals surface area contributed by atoms with Gasteiger partial charge in [0.05, 0.1) is 12.7 Å². The zero-order valence-corrected chi connectivity index (χ0v) is 15.9. The molecule has 0 heterocycles. The van der Waals surface area contributed by atoms with Crippen molar-refractivity contribution in [3.8, 4) is 0 Å². The van der Waals surface area contributed by atoms with Gasteiger partial charge in [-0.2, -0.15) is 0 Å². The minimum atomic E-state index is 0.0601. The summed E-state index contributed by atoms with van der Waals surface area (Å²) in [4.78, 5) is 0. The lowest BCUT2D eigenvalue weighted by Gasteiger charge is -2.13. The number of hydrogen-bond acceptors (Lipinski definition) is 2. The largest absolute Gasteiger partial charge is 0.394 e. The van der Waals surface area contributed by atoms with E-state index in [0.29, 0.717) is 6.61 Å². The molecule has 0 radical (unpaired) electrons. The first kappa shape index (κ1) is 22.7. The van der Waals surface area contributed by atoms with E-state index in [0.717, 1.165) is 6.42 Å². The van der Waals surface area contributed by atoms with Gasteiger partial charge in [-0.05, 0) is 39.0 Å². The maximum absolute atomic E-state index is 9.14. The zero-order chi connectivity index (χ0) is 17.0. The molecule has 0 aliphatic rings. The molecule has 2 nitrogen and oxygen atoms in total. The van der Waals surface area contributed by atoms with Crippen LogP contribution < -0.4 is 0 Å². The molecule has 0 spiro atoms. The highest BCUT2D eigenvalue weighted by molar-refractivity contribution is 4.81. The fraction of sp³-hybridized carbons (Fsp3) is 0.905. The number of aliphatic hydroxyl groups excluding tert-OH is 1. The third kappa shape index (κ3) is 17.8. The Balaban J connectivity index is 3.19. The average Bonchev–Trinajstić information content (AvgIpc) is 2.57. The second-order valence-corrected chi connectivity index (χ2v) is 6.63. The maximum Gasteiger partial charge on any atom is 0.0805 e. The van der Waals surface area contributed by atoms with Crippen molar-refractivity contribution >= 4 is 0 Å². The van der Waals surface area contributed by atoms with Gasteiger partial charge in [0.25, 0.3) is 0 Å². The molecule has 0 fully saturated rings. The smallest absolute Gasteiger partial charge is 0.0805 e. The molecule has 0 saturated heterocycles. The second kappa shape index (κ2) is 19.7. The molecule has 1 atom stereocenters. The van der Waals surface area contributed by atoms with Gasteiger partial charge >= 0.3 is 0 Å². The summed E-state index contributed by atoms with van der Waals surface area (Å²) in [6.07, 6.45) is 23.1. The van der Waals surface area contributed by atoms with Gasteiger partial charge in [-0.25, -0.2) is 0 Å². The summed E-state index contributed by atoms with van der Waals surface area (Å²) in [5, 5.41) is 9.14. The first-order valence-corrected chi connectivity index (χ1v) is 10.2. The first-order valence-electron chi connectivity index (χ1n) is 10.2. The van der Waals surface area contributed by atoms with Crippen LogP contribution in [0.1, 0.15) is 104 Å². The maximum atomic E-state index is 9.14. The van der Waals surface area contributed by atoms with Crippen molar-refractivity contribution in [1.82, 2.24) is 0 Å². The topological polar surface area (TPSA) is 29.5 Å². The molecule has 0 aliphatic carbocycles. The van der Waals surface area contributed by atoms with E-state index in [9.17, 15) is 0 Å². The third-order valence-electron chi connectivity index (χ3n) is 4.39. The van der Waals surface area contributed by atoms with Gasteiger partial charge in [-0.1, -0.05) is 76.9 Å². The van der Waals surface area contributed by atoms with E-state index in [1.54, 1.807) is 0 Å². The number of allylic oxidation sites excluding steroid dienone is 2. The SMILES string of the molecule is CCCCCCCCC=CCCCCCCCC(CO)OCC. The minimum Gasteiger partial charge on any atom is -0.394 e. The van der Waals surface area contributed by atoms with Gasteiger partial charge < -0.3 is 9.84 Å². The van der Waals surface area contributed by atoms with Gasteiger partial charge in [-0.15, -0.1) is 0 Å². The van der Waals surface area contributed by atoms with Crippen LogP contribution in [0.15, 0.2) is 12.2 Å². The summed E-state index contributed by atoms with van der Waals surface area (Å²) in [6, 6.07) is 0. The van der Waals surface area contributed by atoms with Crippen LogP contribution in [0.4, 0.5) is 0 Å².